The summed E-state index contributed by atoms with van der Waals surface area (Å²) in [4.78, 5) is 47.0. The summed E-state index contributed by atoms with van der Waals surface area (Å²) in [7, 11) is 1.24. The Bertz CT molecular complexity index is 1090. The van der Waals surface area contributed by atoms with Gasteiger partial charge in [0, 0.05) is 11.2 Å². The monoisotopic (exact) mass is 460 g/mol. The highest BCUT2D eigenvalue weighted by atomic mass is 35.5. The first kappa shape index (κ1) is 22.0. The largest absolute Gasteiger partial charge is 0.453 e. The molecule has 0 unspecified atom stereocenters. The van der Waals surface area contributed by atoms with Crippen molar-refractivity contribution in [2.24, 2.45) is 0 Å². The number of rotatable bonds is 3. The zero-order valence-electron chi connectivity index (χ0n) is 17.8. The van der Waals surface area contributed by atoms with E-state index in [1.54, 1.807) is 38.1 Å². The molecule has 2 aliphatic rings. The van der Waals surface area contributed by atoms with E-state index in [0.717, 1.165) is 10.5 Å². The number of anilines is 1. The number of aryl methyl sites for hydroxylation is 1. The van der Waals surface area contributed by atoms with Crippen LogP contribution in [0, 0.1) is 12.7 Å². The number of nitrogens with zero attached hydrogens (tertiary/aromatic N) is 4. The Morgan fingerprint density at radius 2 is 1.91 bits per heavy atom. The van der Waals surface area contributed by atoms with Gasteiger partial charge in [-0.05, 0) is 43.2 Å². The molecule has 168 valence electrons. The molecule has 3 amide bonds. The van der Waals surface area contributed by atoms with E-state index < -0.39 is 29.4 Å². The van der Waals surface area contributed by atoms with Crippen LogP contribution in [-0.2, 0) is 14.3 Å². The maximum atomic E-state index is 14.6. The number of carbonyl (C=O) groups is 3. The van der Waals surface area contributed by atoms with Crippen LogP contribution in [0.4, 0.5) is 15.0 Å². The Kier molecular flexibility index (Phi) is 5.54. The Morgan fingerprint density at radius 1 is 1.25 bits per heavy atom. The molecule has 3 heterocycles. The molecule has 2 aliphatic heterocycles. The van der Waals surface area contributed by atoms with Crippen LogP contribution in [0.3, 0.4) is 0 Å². The highest BCUT2D eigenvalue weighted by molar-refractivity contribution is 6.30. The molecule has 0 bridgehead atoms. The van der Waals surface area contributed by atoms with Crippen molar-refractivity contribution in [3.63, 3.8) is 0 Å². The minimum atomic E-state index is -1.36. The first-order chi connectivity index (χ1) is 15.2. The molecule has 0 saturated carbocycles. The molecule has 2 fully saturated rings. The number of ether oxygens (including phenoxy) is 1. The molecular formula is C22H22ClFN4O4. The van der Waals surface area contributed by atoms with Crippen molar-refractivity contribution in [3.8, 4) is 0 Å². The van der Waals surface area contributed by atoms with Crippen LogP contribution >= 0.6 is 11.6 Å². The first-order valence-electron chi connectivity index (χ1n) is 10.0. The van der Waals surface area contributed by atoms with Crippen LogP contribution < -0.4 is 4.90 Å². The van der Waals surface area contributed by atoms with E-state index >= 15 is 0 Å². The van der Waals surface area contributed by atoms with Crippen LogP contribution in [0.2, 0.25) is 5.02 Å². The minimum Gasteiger partial charge on any atom is -0.453 e. The molecule has 0 N–H and O–H groups in total. The third-order valence-electron chi connectivity index (χ3n) is 5.96. The summed E-state index contributed by atoms with van der Waals surface area (Å²) < 4.78 is 19.4. The number of halogens is 2. The van der Waals surface area contributed by atoms with Gasteiger partial charge in [-0.2, -0.15) is 0 Å². The van der Waals surface area contributed by atoms with E-state index in [1.807, 2.05) is 0 Å². The van der Waals surface area contributed by atoms with E-state index in [-0.39, 0.29) is 31.4 Å². The van der Waals surface area contributed by atoms with Gasteiger partial charge in [0.05, 0.1) is 26.2 Å². The normalized spacial score (nSPS) is 18.6. The molecular weight excluding hydrogens is 439 g/mol. The molecule has 0 radical (unpaired) electrons. The summed E-state index contributed by atoms with van der Waals surface area (Å²) in [6, 6.07) is 7.75. The van der Waals surface area contributed by atoms with Gasteiger partial charge >= 0.3 is 6.09 Å². The summed E-state index contributed by atoms with van der Waals surface area (Å²) in [6.45, 7) is 3.00. The Labute approximate surface area is 189 Å². The fraction of sp³-hybridized carbons (Fsp3) is 0.364. The van der Waals surface area contributed by atoms with Gasteiger partial charge in [0.15, 0.2) is 17.2 Å². The zero-order valence-corrected chi connectivity index (χ0v) is 18.6. The van der Waals surface area contributed by atoms with Crippen LogP contribution in [0.1, 0.15) is 24.1 Å². The number of piperazine rings is 1. The molecule has 4 rings (SSSR count). The fourth-order valence-corrected chi connectivity index (χ4v) is 4.51. The maximum absolute atomic E-state index is 14.6. The Morgan fingerprint density at radius 3 is 2.50 bits per heavy atom. The summed E-state index contributed by atoms with van der Waals surface area (Å²) in [5, 5.41) is 0.546. The number of methoxy groups -OCH3 is 1. The number of aromatic nitrogens is 1. The summed E-state index contributed by atoms with van der Waals surface area (Å²) >= 11 is 5.99. The van der Waals surface area contributed by atoms with Crippen LogP contribution in [0.5, 0.6) is 0 Å². The summed E-state index contributed by atoms with van der Waals surface area (Å²) in [5.41, 5.74) is 0.0106. The van der Waals surface area contributed by atoms with Crippen molar-refractivity contribution in [1.82, 2.24) is 14.8 Å². The highest BCUT2D eigenvalue weighted by Gasteiger charge is 2.62. The fourth-order valence-electron chi connectivity index (χ4n) is 4.38. The van der Waals surface area contributed by atoms with Crippen LogP contribution in [-0.4, -0.2) is 65.0 Å². The lowest BCUT2D eigenvalue weighted by Gasteiger charge is -2.58. The number of benzene rings is 1. The molecule has 0 aliphatic carbocycles. The zero-order chi connectivity index (χ0) is 23.2. The van der Waals surface area contributed by atoms with E-state index in [1.165, 1.54) is 29.2 Å². The smallest absolute Gasteiger partial charge is 0.409 e. The minimum absolute atomic E-state index is 0.0633. The van der Waals surface area contributed by atoms with Crippen LogP contribution in [0.25, 0.3) is 0 Å². The highest BCUT2D eigenvalue weighted by Crippen LogP contribution is 2.41. The first-order valence-corrected chi connectivity index (χ1v) is 10.4. The van der Waals surface area contributed by atoms with Gasteiger partial charge in [-0.3, -0.25) is 14.5 Å². The molecule has 2 aromatic rings. The van der Waals surface area contributed by atoms with Gasteiger partial charge in [0.1, 0.15) is 6.54 Å². The van der Waals surface area contributed by atoms with Crippen molar-refractivity contribution in [1.29, 1.82) is 0 Å². The molecule has 1 aromatic carbocycles. The second kappa shape index (κ2) is 8.05. The predicted molar refractivity (Wildman–Crippen MR) is 115 cm³/mol. The average Bonchev–Trinajstić information content (AvgIpc) is 2.73. The molecule has 8 nitrogen and oxygen atoms in total. The lowest BCUT2D eigenvalue weighted by atomic mass is 9.82. The number of hydrogen-bond donors (Lipinski definition) is 0. The van der Waals surface area contributed by atoms with Crippen molar-refractivity contribution in [3.05, 3.63) is 58.5 Å². The van der Waals surface area contributed by atoms with Gasteiger partial charge < -0.3 is 14.5 Å². The van der Waals surface area contributed by atoms with Crippen molar-refractivity contribution in [2.45, 2.75) is 25.4 Å². The maximum Gasteiger partial charge on any atom is 0.409 e. The number of hydrogen-bond acceptors (Lipinski definition) is 5. The Hall–Kier alpha value is -3.20. The molecule has 32 heavy (non-hydrogen) atoms. The topological polar surface area (TPSA) is 83.0 Å². The number of pyridine rings is 1. The predicted octanol–water partition coefficient (Wildman–Crippen LogP) is 2.94. The summed E-state index contributed by atoms with van der Waals surface area (Å²) in [6.07, 6.45) is 0.833. The quantitative estimate of drug-likeness (QED) is 0.703. The van der Waals surface area contributed by atoms with Crippen molar-refractivity contribution < 1.29 is 23.5 Å². The lowest BCUT2D eigenvalue weighted by molar-refractivity contribution is -0.165. The Balaban J connectivity index is 1.74. The second-order valence-corrected chi connectivity index (χ2v) is 8.49. The summed E-state index contributed by atoms with van der Waals surface area (Å²) in [5.74, 6) is -1.76. The van der Waals surface area contributed by atoms with E-state index in [4.69, 9.17) is 16.3 Å². The second-order valence-electron chi connectivity index (χ2n) is 8.06. The van der Waals surface area contributed by atoms with E-state index in [9.17, 15) is 18.8 Å². The average molecular weight is 461 g/mol. The van der Waals surface area contributed by atoms with Crippen molar-refractivity contribution >= 4 is 35.3 Å². The molecule has 1 spiro atoms. The van der Waals surface area contributed by atoms with Gasteiger partial charge in [-0.1, -0.05) is 23.7 Å². The van der Waals surface area contributed by atoms with Gasteiger partial charge in [-0.25, -0.2) is 14.2 Å². The van der Waals surface area contributed by atoms with Crippen LogP contribution in [0.15, 0.2) is 36.5 Å². The van der Waals surface area contributed by atoms with E-state index in [0.29, 0.717) is 10.6 Å². The van der Waals surface area contributed by atoms with Crippen molar-refractivity contribution in [2.75, 3.05) is 31.6 Å². The lowest BCUT2D eigenvalue weighted by Crippen LogP contribution is -2.81. The number of amides is 3. The van der Waals surface area contributed by atoms with E-state index in [2.05, 4.69) is 4.98 Å². The molecule has 2 saturated heterocycles. The standard InChI is InChI=1S/C22H22ClFN4O4/c1-13-8-17(24)19(25-9-13)27-10-18(29)28(14(2)15-4-6-16(23)7-5-15)22(20(27)30)11-26(12-22)21(31)32-3/h4-9,14H,10-12H2,1-3H3/t14-/m0/s1. The third-order valence-corrected chi connectivity index (χ3v) is 6.21. The number of likely N-dealkylation sites (tertiary alicyclic amines) is 1. The molecule has 10 heteroatoms. The van der Waals surface area contributed by atoms with Gasteiger partial charge in [0.25, 0.3) is 5.91 Å². The molecule has 1 aromatic heterocycles. The van der Waals surface area contributed by atoms with Gasteiger partial charge in [-0.15, -0.1) is 0 Å². The number of carbonyl (C=O) groups excluding carboxylic acids is 3. The SMILES string of the molecule is COC(=O)N1CC2(C1)C(=O)N(c1ncc(C)cc1F)CC(=O)N2[C@@H](C)c1ccc(Cl)cc1. The van der Waals surface area contributed by atoms with Gasteiger partial charge in [0.2, 0.25) is 5.91 Å². The third kappa shape index (κ3) is 3.46. The molecule has 1 atom stereocenters.